The molecule has 20 heavy (non-hydrogen) atoms. The van der Waals surface area contributed by atoms with Crippen LogP contribution in [0.5, 0.6) is 0 Å². The first-order chi connectivity index (χ1) is 9.67. The lowest BCUT2D eigenvalue weighted by molar-refractivity contribution is 0.455. The average Bonchev–Trinajstić information content (AvgIpc) is 2.88. The van der Waals surface area contributed by atoms with E-state index in [4.69, 9.17) is 5.10 Å². The number of aryl methyl sites for hydroxylation is 3. The molecule has 0 aliphatic heterocycles. The summed E-state index contributed by atoms with van der Waals surface area (Å²) in [7, 11) is 2.01. The van der Waals surface area contributed by atoms with E-state index in [0.717, 1.165) is 19.4 Å². The molecule has 108 valence electrons. The van der Waals surface area contributed by atoms with E-state index in [9.17, 15) is 0 Å². The minimum Gasteiger partial charge on any atom is -0.311 e. The zero-order valence-electron chi connectivity index (χ0n) is 13.0. The molecule has 0 aliphatic rings. The van der Waals surface area contributed by atoms with Crippen LogP contribution in [0.1, 0.15) is 42.4 Å². The van der Waals surface area contributed by atoms with Crippen LogP contribution in [0.15, 0.2) is 30.3 Å². The Labute approximate surface area is 122 Å². The van der Waals surface area contributed by atoms with Crippen molar-refractivity contribution >= 4 is 0 Å². The highest BCUT2D eigenvalue weighted by atomic mass is 15.3. The van der Waals surface area contributed by atoms with E-state index >= 15 is 0 Å². The minimum atomic E-state index is 0.297. The summed E-state index contributed by atoms with van der Waals surface area (Å²) in [6.45, 7) is 7.34. The first-order valence-corrected chi connectivity index (χ1v) is 7.47. The smallest absolute Gasteiger partial charge is 0.0624 e. The number of aromatic nitrogens is 2. The van der Waals surface area contributed by atoms with Crippen LogP contribution in [0, 0.1) is 6.92 Å². The fraction of sp³-hybridized carbons (Fsp3) is 0.471. The van der Waals surface area contributed by atoms with Gasteiger partial charge in [0.2, 0.25) is 0 Å². The molecule has 0 spiro atoms. The van der Waals surface area contributed by atoms with Gasteiger partial charge in [0.1, 0.15) is 0 Å². The van der Waals surface area contributed by atoms with Crippen LogP contribution in [0.4, 0.5) is 0 Å². The van der Waals surface area contributed by atoms with E-state index < -0.39 is 0 Å². The van der Waals surface area contributed by atoms with E-state index in [1.165, 1.54) is 22.5 Å². The molecule has 0 bridgehead atoms. The molecule has 2 aromatic rings. The Morgan fingerprint density at radius 3 is 2.40 bits per heavy atom. The van der Waals surface area contributed by atoms with Gasteiger partial charge in [-0.15, -0.1) is 0 Å². The summed E-state index contributed by atoms with van der Waals surface area (Å²) in [6.07, 6.45) is 2.02. The first kappa shape index (κ1) is 14.8. The van der Waals surface area contributed by atoms with Crippen molar-refractivity contribution in [2.24, 2.45) is 0 Å². The van der Waals surface area contributed by atoms with E-state index in [-0.39, 0.29) is 0 Å². The van der Waals surface area contributed by atoms with Crippen LogP contribution >= 0.6 is 0 Å². The Morgan fingerprint density at radius 2 is 1.85 bits per heavy atom. The van der Waals surface area contributed by atoms with Gasteiger partial charge in [0, 0.05) is 5.69 Å². The predicted molar refractivity (Wildman–Crippen MR) is 84.0 cm³/mol. The Kier molecular flexibility index (Phi) is 4.96. The molecule has 0 radical (unpaired) electrons. The summed E-state index contributed by atoms with van der Waals surface area (Å²) in [4.78, 5) is 0. The van der Waals surface area contributed by atoms with Crippen molar-refractivity contribution in [3.8, 4) is 0 Å². The number of nitrogens with zero attached hydrogens (tertiary/aromatic N) is 2. The van der Waals surface area contributed by atoms with Crippen LogP contribution in [0.3, 0.4) is 0 Å². The summed E-state index contributed by atoms with van der Waals surface area (Å²) in [5.41, 5.74) is 5.11. The molecule has 1 N–H and O–H groups in total. The lowest BCUT2D eigenvalue weighted by Crippen LogP contribution is -2.23. The third-order valence-corrected chi connectivity index (χ3v) is 3.82. The highest BCUT2D eigenvalue weighted by Gasteiger charge is 2.13. The monoisotopic (exact) mass is 271 g/mol. The quantitative estimate of drug-likeness (QED) is 0.874. The Hall–Kier alpha value is -1.61. The molecule has 1 aromatic carbocycles. The molecule has 1 heterocycles. The fourth-order valence-electron chi connectivity index (χ4n) is 2.47. The van der Waals surface area contributed by atoms with Crippen molar-refractivity contribution in [1.82, 2.24) is 15.1 Å². The number of likely N-dealkylation sites (N-methyl/N-ethyl adjacent to an activating group) is 1. The maximum absolute atomic E-state index is 4.71. The standard InChI is InChI=1S/C17H25N3/c1-5-15-11-16(6-2)20(19-15)12-17(18-4)14-9-7-13(3)8-10-14/h7-11,17-18H,5-6,12H2,1-4H3. The highest BCUT2D eigenvalue weighted by molar-refractivity contribution is 5.24. The maximum Gasteiger partial charge on any atom is 0.0624 e. The molecule has 3 nitrogen and oxygen atoms in total. The molecular formula is C17H25N3. The number of nitrogens with one attached hydrogen (secondary N) is 1. The van der Waals surface area contributed by atoms with Crippen LogP contribution in [-0.2, 0) is 19.4 Å². The lowest BCUT2D eigenvalue weighted by atomic mass is 10.1. The molecule has 1 atom stereocenters. The van der Waals surface area contributed by atoms with Gasteiger partial charge >= 0.3 is 0 Å². The number of rotatable bonds is 6. The van der Waals surface area contributed by atoms with Gasteiger partial charge < -0.3 is 5.32 Å². The zero-order valence-corrected chi connectivity index (χ0v) is 13.0. The van der Waals surface area contributed by atoms with Crippen molar-refractivity contribution in [2.75, 3.05) is 7.05 Å². The topological polar surface area (TPSA) is 29.9 Å². The highest BCUT2D eigenvalue weighted by Crippen LogP contribution is 2.17. The van der Waals surface area contributed by atoms with Crippen molar-refractivity contribution < 1.29 is 0 Å². The summed E-state index contributed by atoms with van der Waals surface area (Å²) in [5.74, 6) is 0. The van der Waals surface area contributed by atoms with Gasteiger partial charge in [-0.1, -0.05) is 43.7 Å². The van der Waals surface area contributed by atoms with Crippen molar-refractivity contribution in [3.63, 3.8) is 0 Å². The Balaban J connectivity index is 2.21. The molecule has 0 fully saturated rings. The van der Waals surface area contributed by atoms with E-state index in [1.54, 1.807) is 0 Å². The molecule has 0 saturated heterocycles. The van der Waals surface area contributed by atoms with Gasteiger partial charge in [0.15, 0.2) is 0 Å². The van der Waals surface area contributed by atoms with Crippen LogP contribution in [-0.4, -0.2) is 16.8 Å². The lowest BCUT2D eigenvalue weighted by Gasteiger charge is -2.18. The third kappa shape index (κ3) is 3.28. The van der Waals surface area contributed by atoms with Crippen LogP contribution in [0.2, 0.25) is 0 Å². The Bertz CT molecular complexity index is 540. The number of benzene rings is 1. The number of hydrogen-bond donors (Lipinski definition) is 1. The summed E-state index contributed by atoms with van der Waals surface area (Å²) in [6, 6.07) is 11.3. The van der Waals surface area contributed by atoms with Crippen LogP contribution < -0.4 is 5.32 Å². The molecule has 0 amide bonds. The first-order valence-electron chi connectivity index (χ1n) is 7.47. The Morgan fingerprint density at radius 1 is 1.15 bits per heavy atom. The van der Waals surface area contributed by atoms with Gasteiger partial charge in [-0.2, -0.15) is 5.10 Å². The van der Waals surface area contributed by atoms with Crippen molar-refractivity contribution in [1.29, 1.82) is 0 Å². The maximum atomic E-state index is 4.71. The summed E-state index contributed by atoms with van der Waals surface area (Å²) in [5, 5.41) is 8.11. The van der Waals surface area contributed by atoms with Crippen molar-refractivity contribution in [2.45, 2.75) is 46.2 Å². The second-order valence-corrected chi connectivity index (χ2v) is 5.27. The molecule has 1 aromatic heterocycles. The molecule has 1 unspecified atom stereocenters. The third-order valence-electron chi connectivity index (χ3n) is 3.82. The molecular weight excluding hydrogens is 246 g/mol. The normalized spacial score (nSPS) is 12.6. The second-order valence-electron chi connectivity index (χ2n) is 5.27. The van der Waals surface area contributed by atoms with Gasteiger partial charge in [0.05, 0.1) is 18.3 Å². The number of hydrogen-bond acceptors (Lipinski definition) is 2. The van der Waals surface area contributed by atoms with E-state index in [1.807, 2.05) is 7.05 Å². The summed E-state index contributed by atoms with van der Waals surface area (Å²) < 4.78 is 2.15. The van der Waals surface area contributed by atoms with Gasteiger partial charge in [-0.05, 0) is 38.4 Å². The van der Waals surface area contributed by atoms with E-state index in [2.05, 4.69) is 61.1 Å². The van der Waals surface area contributed by atoms with E-state index in [0.29, 0.717) is 6.04 Å². The molecule has 0 saturated carbocycles. The fourth-order valence-corrected chi connectivity index (χ4v) is 2.47. The average molecular weight is 271 g/mol. The zero-order chi connectivity index (χ0) is 14.5. The molecule has 3 heteroatoms. The van der Waals surface area contributed by atoms with Gasteiger partial charge in [-0.25, -0.2) is 0 Å². The van der Waals surface area contributed by atoms with Crippen molar-refractivity contribution in [3.05, 3.63) is 52.8 Å². The van der Waals surface area contributed by atoms with Gasteiger partial charge in [0.25, 0.3) is 0 Å². The molecule has 2 rings (SSSR count). The summed E-state index contributed by atoms with van der Waals surface area (Å²) >= 11 is 0. The van der Waals surface area contributed by atoms with Gasteiger partial charge in [-0.3, -0.25) is 4.68 Å². The predicted octanol–water partition coefficient (Wildman–Crippen LogP) is 3.28. The SMILES string of the molecule is CCc1cc(CC)n(CC(NC)c2ccc(C)cc2)n1. The largest absolute Gasteiger partial charge is 0.311 e. The molecule has 0 aliphatic carbocycles. The van der Waals surface area contributed by atoms with Crippen LogP contribution in [0.25, 0.3) is 0 Å². The minimum absolute atomic E-state index is 0.297. The second kappa shape index (κ2) is 6.71.